The number of hydrogen-bond donors (Lipinski definition) is 2. The van der Waals surface area contributed by atoms with Crippen LogP contribution in [0.25, 0.3) is 0 Å². The van der Waals surface area contributed by atoms with Crippen LogP contribution in [0.5, 0.6) is 0 Å². The van der Waals surface area contributed by atoms with E-state index in [0.29, 0.717) is 0 Å². The number of rotatable bonds is 12. The first-order valence-corrected chi connectivity index (χ1v) is 11.1. The quantitative estimate of drug-likeness (QED) is 0.186. The predicted molar refractivity (Wildman–Crippen MR) is 135 cm³/mol. The molecule has 0 radical (unpaired) electrons. The molecule has 0 saturated carbocycles. The Hall–Kier alpha value is -1.13. The fourth-order valence-corrected chi connectivity index (χ4v) is 3.43. The normalized spacial score (nSPS) is 15.0. The second kappa shape index (κ2) is 16.5. The van der Waals surface area contributed by atoms with E-state index in [2.05, 4.69) is 32.3 Å². The van der Waals surface area contributed by atoms with Gasteiger partial charge < -0.3 is 20.3 Å². The number of halogens is 2. The molecule has 0 amide bonds. The van der Waals surface area contributed by atoms with E-state index >= 15 is 0 Å². The number of benzene rings is 1. The van der Waals surface area contributed by atoms with Gasteiger partial charge in [-0.15, -0.1) is 24.0 Å². The van der Waals surface area contributed by atoms with Gasteiger partial charge in [-0.3, -0.25) is 9.89 Å². The minimum Gasteiger partial charge on any atom is -0.382 e. The highest BCUT2D eigenvalue weighted by Crippen LogP contribution is 2.20. The van der Waals surface area contributed by atoms with Gasteiger partial charge in [0.2, 0.25) is 0 Å². The van der Waals surface area contributed by atoms with Crippen LogP contribution in [-0.4, -0.2) is 76.4 Å². The van der Waals surface area contributed by atoms with Crippen molar-refractivity contribution in [3.8, 4) is 0 Å². The molecule has 1 aliphatic heterocycles. The first kappa shape index (κ1) is 26.9. The Labute approximate surface area is 198 Å². The average molecular weight is 535 g/mol. The summed E-state index contributed by atoms with van der Waals surface area (Å²) >= 11 is 0. The van der Waals surface area contributed by atoms with Crippen LogP contribution in [0.4, 0.5) is 10.1 Å². The molecule has 6 nitrogen and oxygen atoms in total. The molecular weight excluding hydrogens is 496 g/mol. The van der Waals surface area contributed by atoms with Crippen LogP contribution < -0.4 is 15.5 Å². The number of piperazine rings is 1. The third kappa shape index (κ3) is 10.3. The first-order valence-electron chi connectivity index (χ1n) is 11.1. The molecule has 2 N–H and O–H groups in total. The van der Waals surface area contributed by atoms with Gasteiger partial charge in [-0.25, -0.2) is 4.39 Å². The van der Waals surface area contributed by atoms with E-state index in [1.165, 1.54) is 6.07 Å². The van der Waals surface area contributed by atoms with Crippen molar-refractivity contribution >= 4 is 35.6 Å². The van der Waals surface area contributed by atoms with E-state index in [-0.39, 0.29) is 29.8 Å². The van der Waals surface area contributed by atoms with Gasteiger partial charge in [0.15, 0.2) is 5.96 Å². The maximum atomic E-state index is 13.9. The van der Waals surface area contributed by atoms with Gasteiger partial charge in [-0.1, -0.05) is 12.1 Å². The van der Waals surface area contributed by atoms with E-state index in [9.17, 15) is 4.39 Å². The van der Waals surface area contributed by atoms with Gasteiger partial charge in [-0.05, 0) is 45.2 Å². The molecule has 0 unspecified atom stereocenters. The number of unbranched alkanes of at least 4 members (excludes halogenated alkanes) is 1. The minimum absolute atomic E-state index is 0. The van der Waals surface area contributed by atoms with Crippen LogP contribution in [-0.2, 0) is 4.74 Å². The lowest BCUT2D eigenvalue weighted by atomic mass is 10.2. The molecule has 30 heavy (non-hydrogen) atoms. The third-order valence-corrected chi connectivity index (χ3v) is 5.02. The van der Waals surface area contributed by atoms with Crippen molar-refractivity contribution in [3.63, 3.8) is 0 Å². The van der Waals surface area contributed by atoms with Gasteiger partial charge in [-0.2, -0.15) is 0 Å². The molecule has 1 aromatic carbocycles. The maximum absolute atomic E-state index is 13.9. The summed E-state index contributed by atoms with van der Waals surface area (Å²) in [6, 6.07) is 7.05. The van der Waals surface area contributed by atoms with Gasteiger partial charge >= 0.3 is 0 Å². The number of anilines is 1. The smallest absolute Gasteiger partial charge is 0.191 e. The zero-order valence-corrected chi connectivity index (χ0v) is 20.9. The Morgan fingerprint density at radius 1 is 1.07 bits per heavy atom. The lowest BCUT2D eigenvalue weighted by Gasteiger charge is -2.36. The number of ether oxygens (including phenoxy) is 1. The van der Waals surface area contributed by atoms with Crippen LogP contribution in [0, 0.1) is 5.82 Å². The Kier molecular flexibility index (Phi) is 14.8. The lowest BCUT2D eigenvalue weighted by molar-refractivity contribution is 0.143. The van der Waals surface area contributed by atoms with E-state index in [1.54, 1.807) is 6.07 Å². The Balaban J connectivity index is 0.00000450. The molecular formula is C22H39FIN5O. The second-order valence-electron chi connectivity index (χ2n) is 7.23. The van der Waals surface area contributed by atoms with Crippen molar-refractivity contribution in [2.75, 3.05) is 70.5 Å². The van der Waals surface area contributed by atoms with Crippen molar-refractivity contribution in [3.05, 3.63) is 30.1 Å². The standard InChI is InChI=1S/C22H38FN5O.HI/c1-3-24-22(25-12-7-8-19-29-4-2)26-13-9-14-27-15-17-28(18-16-27)21-11-6-5-10-20(21)23;/h5-6,10-11H,3-4,7-9,12-19H2,1-2H3,(H2,24,25,26);1H. The highest BCUT2D eigenvalue weighted by molar-refractivity contribution is 14.0. The Bertz CT molecular complexity index is 597. The molecule has 0 bridgehead atoms. The second-order valence-corrected chi connectivity index (χ2v) is 7.23. The van der Waals surface area contributed by atoms with Crippen molar-refractivity contribution in [1.82, 2.24) is 15.5 Å². The van der Waals surface area contributed by atoms with E-state index < -0.39 is 0 Å². The van der Waals surface area contributed by atoms with E-state index in [0.717, 1.165) is 96.5 Å². The fourth-order valence-electron chi connectivity index (χ4n) is 3.43. The molecule has 172 valence electrons. The van der Waals surface area contributed by atoms with Crippen molar-refractivity contribution < 1.29 is 9.13 Å². The molecule has 8 heteroatoms. The monoisotopic (exact) mass is 535 g/mol. The largest absolute Gasteiger partial charge is 0.382 e. The SMILES string of the molecule is CCNC(=NCCCN1CCN(c2ccccc2F)CC1)NCCCCOCC.I. The molecule has 2 rings (SSSR count). The highest BCUT2D eigenvalue weighted by atomic mass is 127. The van der Waals surface area contributed by atoms with Crippen LogP contribution in [0.15, 0.2) is 29.3 Å². The Morgan fingerprint density at radius 2 is 1.83 bits per heavy atom. The number of guanidine groups is 1. The summed E-state index contributed by atoms with van der Waals surface area (Å²) in [5, 5.41) is 6.70. The zero-order chi connectivity index (χ0) is 20.7. The number of para-hydroxylation sites is 1. The summed E-state index contributed by atoms with van der Waals surface area (Å²) in [6.45, 7) is 13.0. The van der Waals surface area contributed by atoms with Crippen molar-refractivity contribution in [2.24, 2.45) is 4.99 Å². The van der Waals surface area contributed by atoms with Crippen LogP contribution in [0.2, 0.25) is 0 Å². The minimum atomic E-state index is -0.128. The number of aliphatic imine (C=N–C) groups is 1. The molecule has 0 spiro atoms. The topological polar surface area (TPSA) is 52.1 Å². The van der Waals surface area contributed by atoms with Crippen molar-refractivity contribution in [2.45, 2.75) is 33.1 Å². The summed E-state index contributed by atoms with van der Waals surface area (Å²) in [5.41, 5.74) is 0.722. The van der Waals surface area contributed by atoms with Crippen LogP contribution >= 0.6 is 24.0 Å². The van der Waals surface area contributed by atoms with Crippen LogP contribution in [0.3, 0.4) is 0 Å². The third-order valence-electron chi connectivity index (χ3n) is 5.02. The van der Waals surface area contributed by atoms with E-state index in [4.69, 9.17) is 4.74 Å². The summed E-state index contributed by atoms with van der Waals surface area (Å²) in [7, 11) is 0. The van der Waals surface area contributed by atoms with Gasteiger partial charge in [0.25, 0.3) is 0 Å². The molecule has 1 heterocycles. The number of nitrogens with one attached hydrogen (secondary N) is 2. The molecule has 1 saturated heterocycles. The van der Waals surface area contributed by atoms with E-state index in [1.807, 2.05) is 19.1 Å². The molecule has 1 aliphatic rings. The number of nitrogens with zero attached hydrogens (tertiary/aromatic N) is 3. The molecule has 1 aromatic rings. The molecule has 0 aliphatic carbocycles. The van der Waals surface area contributed by atoms with Gasteiger partial charge in [0.05, 0.1) is 5.69 Å². The first-order chi connectivity index (χ1) is 14.2. The van der Waals surface area contributed by atoms with Gasteiger partial charge in [0.1, 0.15) is 5.82 Å². The molecule has 0 atom stereocenters. The average Bonchev–Trinajstić information content (AvgIpc) is 2.74. The molecule has 0 aromatic heterocycles. The fraction of sp³-hybridized carbons (Fsp3) is 0.682. The molecule has 1 fully saturated rings. The lowest BCUT2D eigenvalue weighted by Crippen LogP contribution is -2.47. The summed E-state index contributed by atoms with van der Waals surface area (Å²) < 4.78 is 19.3. The van der Waals surface area contributed by atoms with Gasteiger partial charge in [0, 0.05) is 65.6 Å². The summed E-state index contributed by atoms with van der Waals surface area (Å²) in [5.74, 6) is 0.768. The summed E-state index contributed by atoms with van der Waals surface area (Å²) in [4.78, 5) is 9.27. The zero-order valence-electron chi connectivity index (χ0n) is 18.5. The Morgan fingerprint density at radius 3 is 2.53 bits per heavy atom. The predicted octanol–water partition coefficient (Wildman–Crippen LogP) is 3.33. The maximum Gasteiger partial charge on any atom is 0.191 e. The summed E-state index contributed by atoms with van der Waals surface area (Å²) in [6.07, 6.45) is 3.18. The highest BCUT2D eigenvalue weighted by Gasteiger charge is 2.18. The number of hydrogen-bond acceptors (Lipinski definition) is 4. The van der Waals surface area contributed by atoms with Crippen molar-refractivity contribution in [1.29, 1.82) is 0 Å². The van der Waals surface area contributed by atoms with Crippen LogP contribution in [0.1, 0.15) is 33.1 Å².